The van der Waals surface area contributed by atoms with Crippen LogP contribution in [0, 0.1) is 0 Å². The molecule has 0 amide bonds. The Morgan fingerprint density at radius 2 is 1.79 bits per heavy atom. The summed E-state index contributed by atoms with van der Waals surface area (Å²) in [7, 11) is 0. The van der Waals surface area contributed by atoms with E-state index in [1.165, 1.54) is 64.8 Å². The molecule has 2 aliphatic rings. The van der Waals surface area contributed by atoms with Crippen LogP contribution in [0.2, 0.25) is 0 Å². The molecule has 2 fully saturated rings. The smallest absolute Gasteiger partial charge is 0.0791 e. The van der Waals surface area contributed by atoms with Crippen molar-refractivity contribution in [2.75, 3.05) is 45.8 Å². The van der Waals surface area contributed by atoms with Crippen LogP contribution in [0.25, 0.3) is 0 Å². The van der Waals surface area contributed by atoms with Crippen LogP contribution in [-0.4, -0.2) is 72.9 Å². The number of rotatable bonds is 7. The Balaban J connectivity index is 1.55. The van der Waals surface area contributed by atoms with Gasteiger partial charge in [0.05, 0.1) is 6.10 Å². The van der Waals surface area contributed by atoms with Crippen molar-refractivity contribution in [1.82, 2.24) is 15.1 Å². The maximum absolute atomic E-state index is 10.1. The van der Waals surface area contributed by atoms with E-state index in [9.17, 15) is 5.11 Å². The number of β-amino-alcohol motifs (C(OH)–C–C–N with tert-alkyl or cyclic N) is 1. The molecule has 0 radical (unpaired) electrons. The molecule has 0 spiro atoms. The van der Waals surface area contributed by atoms with E-state index in [1.807, 2.05) is 0 Å². The fraction of sp³-hybridized carbons (Fsp3) is 1.00. The van der Waals surface area contributed by atoms with E-state index in [1.54, 1.807) is 0 Å². The third-order valence-corrected chi connectivity index (χ3v) is 4.44. The summed E-state index contributed by atoms with van der Waals surface area (Å²) in [6.07, 6.45) is 6.12. The number of hydrogen-bond acceptors (Lipinski definition) is 4. The van der Waals surface area contributed by atoms with Crippen LogP contribution in [0.5, 0.6) is 0 Å². The van der Waals surface area contributed by atoms with E-state index in [0.717, 1.165) is 13.1 Å². The van der Waals surface area contributed by atoms with Crippen LogP contribution >= 0.6 is 0 Å². The molecule has 4 heteroatoms. The van der Waals surface area contributed by atoms with Gasteiger partial charge in [0, 0.05) is 19.1 Å². The molecule has 2 N–H and O–H groups in total. The lowest BCUT2D eigenvalue weighted by Gasteiger charge is -2.32. The van der Waals surface area contributed by atoms with Crippen LogP contribution in [0.3, 0.4) is 0 Å². The van der Waals surface area contributed by atoms with E-state index in [4.69, 9.17) is 0 Å². The minimum Gasteiger partial charge on any atom is -0.390 e. The van der Waals surface area contributed by atoms with Crippen LogP contribution in [0.15, 0.2) is 0 Å². The first-order valence-electron chi connectivity index (χ1n) is 8.14. The fourth-order valence-corrected chi connectivity index (χ4v) is 3.31. The van der Waals surface area contributed by atoms with Crippen molar-refractivity contribution in [2.45, 2.75) is 51.2 Å². The van der Waals surface area contributed by atoms with Gasteiger partial charge < -0.3 is 20.2 Å². The molecule has 4 nitrogen and oxygen atoms in total. The predicted molar refractivity (Wildman–Crippen MR) is 79.4 cm³/mol. The zero-order valence-corrected chi connectivity index (χ0v) is 12.5. The first-order chi connectivity index (χ1) is 9.28. The molecule has 0 aromatic heterocycles. The molecule has 2 rings (SSSR count). The number of nitrogens with one attached hydrogen (secondary N) is 1. The summed E-state index contributed by atoms with van der Waals surface area (Å²) in [5.74, 6) is 0. The van der Waals surface area contributed by atoms with Crippen molar-refractivity contribution in [3.8, 4) is 0 Å². The lowest BCUT2D eigenvalue weighted by molar-refractivity contribution is 0.113. The Bertz CT molecular complexity index is 236. The molecule has 2 saturated heterocycles. The quantitative estimate of drug-likeness (QED) is 0.720. The Labute approximate surface area is 118 Å². The molecule has 0 bridgehead atoms. The summed E-state index contributed by atoms with van der Waals surface area (Å²) in [5.41, 5.74) is 0. The second-order valence-electron chi connectivity index (χ2n) is 6.19. The number of likely N-dealkylation sites (tertiary alicyclic amines) is 2. The summed E-state index contributed by atoms with van der Waals surface area (Å²) in [6.45, 7) is 9.88. The molecule has 0 aromatic carbocycles. The molecule has 1 atom stereocenters. The number of hydrogen-bond donors (Lipinski definition) is 2. The van der Waals surface area contributed by atoms with Gasteiger partial charge in [-0.1, -0.05) is 6.92 Å². The topological polar surface area (TPSA) is 38.7 Å². The van der Waals surface area contributed by atoms with Gasteiger partial charge in [-0.25, -0.2) is 0 Å². The molecular weight excluding hydrogens is 238 g/mol. The second-order valence-corrected chi connectivity index (χ2v) is 6.19. The molecule has 19 heavy (non-hydrogen) atoms. The van der Waals surface area contributed by atoms with Gasteiger partial charge in [-0.3, -0.25) is 0 Å². The molecule has 1 unspecified atom stereocenters. The van der Waals surface area contributed by atoms with Crippen LogP contribution in [-0.2, 0) is 0 Å². The number of aliphatic hydroxyl groups is 1. The van der Waals surface area contributed by atoms with E-state index in [-0.39, 0.29) is 6.10 Å². The van der Waals surface area contributed by atoms with Crippen LogP contribution in [0.1, 0.15) is 39.0 Å². The third-order valence-electron chi connectivity index (χ3n) is 4.44. The molecule has 0 aromatic rings. The highest BCUT2D eigenvalue weighted by Crippen LogP contribution is 2.11. The monoisotopic (exact) mass is 269 g/mol. The van der Waals surface area contributed by atoms with E-state index in [2.05, 4.69) is 22.0 Å². The predicted octanol–water partition coefficient (Wildman–Crippen LogP) is 0.907. The van der Waals surface area contributed by atoms with Crippen molar-refractivity contribution in [2.24, 2.45) is 0 Å². The highest BCUT2D eigenvalue weighted by Gasteiger charge is 2.20. The molecule has 0 saturated carbocycles. The third kappa shape index (κ3) is 5.38. The second kappa shape index (κ2) is 8.20. The van der Waals surface area contributed by atoms with E-state index in [0.29, 0.717) is 6.04 Å². The largest absolute Gasteiger partial charge is 0.390 e. The van der Waals surface area contributed by atoms with Crippen molar-refractivity contribution >= 4 is 0 Å². The first-order valence-corrected chi connectivity index (χ1v) is 8.14. The van der Waals surface area contributed by atoms with Gasteiger partial charge in [0.2, 0.25) is 0 Å². The first kappa shape index (κ1) is 15.2. The zero-order chi connectivity index (χ0) is 13.5. The van der Waals surface area contributed by atoms with Gasteiger partial charge in [-0.2, -0.15) is 0 Å². The van der Waals surface area contributed by atoms with Crippen molar-refractivity contribution in [1.29, 1.82) is 0 Å². The summed E-state index contributed by atoms with van der Waals surface area (Å²) in [5, 5.41) is 13.6. The number of aliphatic hydroxyl groups excluding tert-OH is 1. The lowest BCUT2D eigenvalue weighted by atomic mass is 10.0. The van der Waals surface area contributed by atoms with E-state index < -0.39 is 0 Å². The maximum atomic E-state index is 10.1. The molecular formula is C15H31N3O. The molecule has 2 heterocycles. The minimum atomic E-state index is -0.202. The Morgan fingerprint density at radius 3 is 2.42 bits per heavy atom. The van der Waals surface area contributed by atoms with Crippen molar-refractivity contribution in [3.63, 3.8) is 0 Å². The maximum Gasteiger partial charge on any atom is 0.0791 e. The van der Waals surface area contributed by atoms with Crippen LogP contribution in [0.4, 0.5) is 0 Å². The highest BCUT2D eigenvalue weighted by atomic mass is 16.3. The summed E-state index contributed by atoms with van der Waals surface area (Å²) >= 11 is 0. The molecule has 0 aliphatic carbocycles. The van der Waals surface area contributed by atoms with Gasteiger partial charge in [0.1, 0.15) is 0 Å². The Morgan fingerprint density at radius 1 is 1.11 bits per heavy atom. The van der Waals surface area contributed by atoms with Gasteiger partial charge in [-0.05, 0) is 64.8 Å². The van der Waals surface area contributed by atoms with E-state index >= 15 is 0 Å². The van der Waals surface area contributed by atoms with Gasteiger partial charge in [0.15, 0.2) is 0 Å². The zero-order valence-electron chi connectivity index (χ0n) is 12.5. The number of nitrogens with zero attached hydrogens (tertiary/aromatic N) is 2. The number of piperidine rings is 1. The van der Waals surface area contributed by atoms with Gasteiger partial charge in [0.25, 0.3) is 0 Å². The Hall–Kier alpha value is -0.160. The van der Waals surface area contributed by atoms with Gasteiger partial charge in [-0.15, -0.1) is 0 Å². The van der Waals surface area contributed by atoms with Crippen molar-refractivity contribution < 1.29 is 5.11 Å². The standard InChI is InChI=1S/C15H31N3O/c1-2-7-17-10-5-14(6-11-17)16-12-15(19)13-18-8-3-4-9-18/h14-16,19H,2-13H2,1H3. The lowest BCUT2D eigenvalue weighted by Crippen LogP contribution is -2.46. The average molecular weight is 269 g/mol. The fourth-order valence-electron chi connectivity index (χ4n) is 3.31. The molecule has 112 valence electrons. The average Bonchev–Trinajstić information content (AvgIpc) is 2.91. The normalized spacial score (nSPS) is 24.9. The van der Waals surface area contributed by atoms with Crippen molar-refractivity contribution in [3.05, 3.63) is 0 Å². The summed E-state index contributed by atoms with van der Waals surface area (Å²) in [6, 6.07) is 0.612. The minimum absolute atomic E-state index is 0.202. The SMILES string of the molecule is CCCN1CCC(NCC(O)CN2CCCC2)CC1. The molecule has 2 aliphatic heterocycles. The van der Waals surface area contributed by atoms with Gasteiger partial charge >= 0.3 is 0 Å². The summed E-state index contributed by atoms with van der Waals surface area (Å²) < 4.78 is 0. The summed E-state index contributed by atoms with van der Waals surface area (Å²) in [4.78, 5) is 4.94. The highest BCUT2D eigenvalue weighted by molar-refractivity contribution is 4.79. The van der Waals surface area contributed by atoms with Crippen LogP contribution < -0.4 is 5.32 Å². The Kier molecular flexibility index (Phi) is 6.57.